The first-order valence-electron chi connectivity index (χ1n) is 24.7. The SMILES string of the molecule is CCC(=O)c1ccc(-n2cncn2)c(-c2nc3cc(-c4cnc(N)nc4)ccc3n2C(C)(C)C)c1.CN.COC(=O)c1ccc(-n2cncn2)c(-c2nc3cc(-c4cnc(N)nc4)ccc3n2C(C)(C)C)c1.Cl.[CH3][Al]([CH3])[CH3]. The monoisotopic (exact) mass is 1070 g/mol. The number of ketones is 1. The van der Waals surface area contributed by atoms with E-state index in [1.54, 1.807) is 58.9 Å². The Kier molecular flexibility index (Phi) is 18.6. The van der Waals surface area contributed by atoms with Crippen molar-refractivity contribution in [3.05, 3.63) is 134 Å². The van der Waals surface area contributed by atoms with Crippen molar-refractivity contribution in [3.8, 4) is 56.4 Å². The van der Waals surface area contributed by atoms with Gasteiger partial charge < -0.3 is 31.1 Å². The summed E-state index contributed by atoms with van der Waals surface area (Å²) in [5.74, 6) is 8.45. The fraction of sp³-hybridized carbons (Fsp3) is 0.273. The van der Waals surface area contributed by atoms with Crippen molar-refractivity contribution in [1.82, 2.24) is 68.6 Å². The van der Waals surface area contributed by atoms with Gasteiger partial charge in [-0.3, -0.25) is 4.79 Å². The number of nitrogen functional groups attached to an aromatic ring is 2. The number of rotatable bonds is 9. The molecule has 0 radical (unpaired) electrons. The molecule has 6 aromatic heterocycles. The van der Waals surface area contributed by atoms with Gasteiger partial charge in [-0.2, -0.15) is 10.2 Å². The van der Waals surface area contributed by atoms with Crippen LogP contribution in [-0.2, 0) is 15.8 Å². The van der Waals surface area contributed by atoms with Crippen molar-refractivity contribution in [3.63, 3.8) is 0 Å². The number of fused-ring (bicyclic) bond motifs is 2. The Morgan fingerprint density at radius 3 is 1.32 bits per heavy atom. The highest BCUT2D eigenvalue weighted by molar-refractivity contribution is 6.54. The van der Waals surface area contributed by atoms with E-state index in [9.17, 15) is 9.59 Å². The molecular weight excluding hydrogens is 1010 g/mol. The molecule has 10 rings (SSSR count). The number of benzene rings is 4. The zero-order valence-corrected chi connectivity index (χ0v) is 47.4. The Morgan fingerprint density at radius 2 is 0.974 bits per heavy atom. The molecule has 20 nitrogen and oxygen atoms in total. The highest BCUT2D eigenvalue weighted by Crippen LogP contribution is 2.38. The second-order valence-corrected chi connectivity index (χ2v) is 23.6. The average Bonchev–Trinajstić information content (AvgIpc) is 4.25. The number of esters is 1. The number of hydrogen-bond acceptors (Lipinski definition) is 16. The van der Waals surface area contributed by atoms with Gasteiger partial charge >= 0.3 is 5.97 Å². The Bertz CT molecular complexity index is 3360. The number of imidazole rings is 2. The van der Waals surface area contributed by atoms with Crippen LogP contribution < -0.4 is 17.2 Å². The summed E-state index contributed by atoms with van der Waals surface area (Å²) in [6.07, 6.45) is 13.4. The molecule has 6 heterocycles. The topological polar surface area (TPSA) is 270 Å². The van der Waals surface area contributed by atoms with Crippen LogP contribution in [0.4, 0.5) is 11.9 Å². The van der Waals surface area contributed by atoms with E-state index in [1.807, 2.05) is 61.5 Å². The van der Waals surface area contributed by atoms with Crippen LogP contribution in [-0.4, -0.2) is 109 Å². The van der Waals surface area contributed by atoms with E-state index in [0.717, 1.165) is 72.6 Å². The van der Waals surface area contributed by atoms with Gasteiger partial charge in [-0.05, 0) is 120 Å². The maximum Gasteiger partial charge on any atom is 0.337 e. The molecule has 0 fully saturated rings. The van der Waals surface area contributed by atoms with Crippen LogP contribution in [0.2, 0.25) is 17.4 Å². The Hall–Kier alpha value is -8.22. The lowest BCUT2D eigenvalue weighted by Gasteiger charge is -2.25. The van der Waals surface area contributed by atoms with E-state index >= 15 is 0 Å². The molecule has 0 amide bonds. The molecular formula is C55H65AlClN17O3. The Labute approximate surface area is 458 Å². The first-order valence-corrected chi connectivity index (χ1v) is 28.1. The van der Waals surface area contributed by atoms with Crippen LogP contribution in [0.15, 0.2) is 123 Å². The zero-order valence-electron chi connectivity index (χ0n) is 45.5. The summed E-state index contributed by atoms with van der Waals surface area (Å²) in [5.41, 5.74) is 26.4. The third-order valence-electron chi connectivity index (χ3n) is 11.5. The predicted molar refractivity (Wildman–Crippen MR) is 308 cm³/mol. The lowest BCUT2D eigenvalue weighted by Crippen LogP contribution is -2.23. The highest BCUT2D eigenvalue weighted by Gasteiger charge is 2.28. The molecule has 0 saturated carbocycles. The maximum absolute atomic E-state index is 12.6. The average molecular weight is 1070 g/mol. The minimum atomic E-state index is -0.430. The van der Waals surface area contributed by atoms with E-state index in [0.29, 0.717) is 23.4 Å². The molecule has 0 aliphatic rings. The van der Waals surface area contributed by atoms with Gasteiger partial charge in [0.15, 0.2) is 5.78 Å². The number of aromatic nitrogens is 14. The molecule has 0 aliphatic carbocycles. The van der Waals surface area contributed by atoms with Crippen molar-refractivity contribution in [2.45, 2.75) is 83.3 Å². The van der Waals surface area contributed by atoms with Gasteiger partial charge in [0.25, 0.3) is 14.1 Å². The lowest BCUT2D eigenvalue weighted by molar-refractivity contribution is 0.0600. The minimum absolute atomic E-state index is 0. The first-order chi connectivity index (χ1) is 36.2. The standard InChI is InChI=1S/C26H26N8O.C25H24N8O2.CH5N.3CH3.Al.ClH/c1-5-23(35)17-7-8-21(33-15-28-14-31-33)19(10-17)24-32-20-11-16(18-12-29-25(27)30-13-18)6-9-22(20)34(24)26(2,3)4;1-25(2,3)33-21-8-5-15(17-11-28-24(26)29-12-17)10-19(21)31-22(33)18-9-16(23(34)35-4)6-7-20(18)32-14-27-13-30-32;1-2;;;;;/h6-15H,5H2,1-4H3,(H2,27,29,30);5-14H,1-4H3,(H2,26,28,29);2H2,1H3;3*1H3;;1H. The van der Waals surface area contributed by atoms with Gasteiger partial charge in [-0.25, -0.2) is 54.0 Å². The molecule has 0 atom stereocenters. The third kappa shape index (κ3) is 13.1. The smallest absolute Gasteiger partial charge is 0.337 e. The molecule has 10 aromatic rings. The molecule has 77 heavy (non-hydrogen) atoms. The van der Waals surface area contributed by atoms with Crippen molar-refractivity contribution in [2.75, 3.05) is 25.6 Å². The summed E-state index contributed by atoms with van der Waals surface area (Å²) in [5, 5.41) is 8.64. The fourth-order valence-corrected chi connectivity index (χ4v) is 8.33. The van der Waals surface area contributed by atoms with Crippen molar-refractivity contribution in [1.29, 1.82) is 0 Å². The number of nitrogens with zero attached hydrogens (tertiary/aromatic N) is 14. The number of Topliss-reactive ketones (excluding diaryl/α,β-unsaturated/α-hetero) is 1. The molecule has 0 unspecified atom stereocenters. The van der Waals surface area contributed by atoms with Gasteiger partial charge in [0.2, 0.25) is 11.9 Å². The summed E-state index contributed by atoms with van der Waals surface area (Å²) >= 11 is -0.139. The molecule has 0 aliphatic heterocycles. The first kappa shape index (κ1) is 58.1. The van der Waals surface area contributed by atoms with Crippen LogP contribution in [0.25, 0.3) is 78.5 Å². The van der Waals surface area contributed by atoms with Crippen LogP contribution >= 0.6 is 12.4 Å². The molecule has 0 spiro atoms. The van der Waals surface area contributed by atoms with Crippen molar-refractivity contribution >= 4 is 72.3 Å². The van der Waals surface area contributed by atoms with Gasteiger partial charge in [0, 0.05) is 70.1 Å². The van der Waals surface area contributed by atoms with Gasteiger partial charge in [-0.15, -0.1) is 29.8 Å². The molecule has 398 valence electrons. The lowest BCUT2D eigenvalue weighted by atomic mass is 10.0. The van der Waals surface area contributed by atoms with Crippen LogP contribution in [0.3, 0.4) is 0 Å². The predicted octanol–water partition coefficient (Wildman–Crippen LogP) is 9.90. The number of anilines is 2. The molecule has 0 bridgehead atoms. The number of nitrogens with two attached hydrogens (primary N) is 3. The summed E-state index contributed by atoms with van der Waals surface area (Å²) < 4.78 is 12.7. The fourth-order valence-electron chi connectivity index (χ4n) is 8.33. The molecule has 4 aromatic carbocycles. The molecule has 0 saturated heterocycles. The summed E-state index contributed by atoms with van der Waals surface area (Å²) in [6.45, 7) is 14.6. The van der Waals surface area contributed by atoms with E-state index < -0.39 is 5.97 Å². The number of ether oxygens (including phenoxy) is 1. The normalized spacial score (nSPS) is 11.1. The minimum Gasteiger partial charge on any atom is -0.465 e. The van der Waals surface area contributed by atoms with Gasteiger partial charge in [0.1, 0.15) is 37.0 Å². The zero-order chi connectivity index (χ0) is 55.1. The number of carbonyl (C=O) groups excluding carboxylic acids is 2. The number of hydrogen-bond donors (Lipinski definition) is 3. The Morgan fingerprint density at radius 1 is 0.584 bits per heavy atom. The molecule has 6 N–H and O–H groups in total. The van der Waals surface area contributed by atoms with Crippen LogP contribution in [0.5, 0.6) is 0 Å². The van der Waals surface area contributed by atoms with Gasteiger partial charge in [0.05, 0.1) is 46.1 Å². The summed E-state index contributed by atoms with van der Waals surface area (Å²) in [6, 6.07) is 23.1. The van der Waals surface area contributed by atoms with Crippen molar-refractivity contribution in [2.24, 2.45) is 5.73 Å². The number of halogens is 1. The Balaban J connectivity index is 0.000000224. The van der Waals surface area contributed by atoms with Crippen LogP contribution in [0.1, 0.15) is 75.6 Å². The van der Waals surface area contributed by atoms with Crippen molar-refractivity contribution < 1.29 is 14.3 Å². The summed E-state index contributed by atoms with van der Waals surface area (Å²) in [7, 11) is 2.86. The summed E-state index contributed by atoms with van der Waals surface area (Å²) in [4.78, 5) is 59.7. The van der Waals surface area contributed by atoms with Crippen LogP contribution in [0, 0.1) is 0 Å². The quantitative estimate of drug-likeness (QED) is 0.0689. The maximum atomic E-state index is 12.6. The van der Waals surface area contributed by atoms with E-state index in [1.165, 1.54) is 26.8 Å². The van der Waals surface area contributed by atoms with E-state index in [4.69, 9.17) is 26.2 Å². The van der Waals surface area contributed by atoms with Gasteiger partial charge in [-0.1, -0.05) is 19.1 Å². The number of methoxy groups -OCH3 is 1. The van der Waals surface area contributed by atoms with E-state index in [-0.39, 0.29) is 55.3 Å². The second-order valence-electron chi connectivity index (χ2n) is 20.1. The number of carbonyl (C=O) groups is 2. The largest absolute Gasteiger partial charge is 0.465 e. The highest BCUT2D eigenvalue weighted by atomic mass is 35.5. The second kappa shape index (κ2) is 24.6. The molecule has 22 heteroatoms. The van der Waals surface area contributed by atoms with E-state index in [2.05, 4.69) is 120 Å². The third-order valence-corrected chi connectivity index (χ3v) is 11.5.